The van der Waals surface area contributed by atoms with Gasteiger partial charge < -0.3 is 5.32 Å². The number of carbonyl (C=O) groups is 1. The molecule has 0 saturated heterocycles. The van der Waals surface area contributed by atoms with Gasteiger partial charge >= 0.3 is 0 Å². The highest BCUT2D eigenvalue weighted by Gasteiger charge is 2.13. The number of hydrogen-bond donors (Lipinski definition) is 1. The summed E-state index contributed by atoms with van der Waals surface area (Å²) in [5, 5.41) is 23.0. The quantitative estimate of drug-likeness (QED) is 0.776. The maximum atomic E-state index is 11.9. The van der Waals surface area contributed by atoms with Crippen LogP contribution in [0.5, 0.6) is 0 Å². The molecule has 0 fully saturated rings. The highest BCUT2D eigenvalue weighted by Crippen LogP contribution is 2.17. The highest BCUT2D eigenvalue weighted by molar-refractivity contribution is 7.13. The average Bonchev–Trinajstić information content (AvgIpc) is 3.09. The van der Waals surface area contributed by atoms with Crippen molar-refractivity contribution in [3.8, 4) is 0 Å². The van der Waals surface area contributed by atoms with Gasteiger partial charge in [0.05, 0.1) is 5.69 Å². The molecule has 0 atom stereocenters. The van der Waals surface area contributed by atoms with Crippen LogP contribution in [0, 0.1) is 13.8 Å². The lowest BCUT2D eigenvalue weighted by Gasteiger charge is -2.09. The number of fused-ring (bicyclic) bond motifs is 1. The lowest BCUT2D eigenvalue weighted by Crippen LogP contribution is -2.13. The Labute approximate surface area is 124 Å². The summed E-state index contributed by atoms with van der Waals surface area (Å²) < 4.78 is 1.65. The third-order valence-corrected chi connectivity index (χ3v) is 3.83. The summed E-state index contributed by atoms with van der Waals surface area (Å²) in [7, 11) is 0. The van der Waals surface area contributed by atoms with Crippen LogP contribution in [0.1, 0.15) is 23.2 Å². The second-order valence-corrected chi connectivity index (χ2v) is 5.41. The minimum Gasteiger partial charge on any atom is -0.301 e. The van der Waals surface area contributed by atoms with Gasteiger partial charge in [-0.2, -0.15) is 5.10 Å². The van der Waals surface area contributed by atoms with Crippen LogP contribution in [-0.4, -0.2) is 35.9 Å². The number of nitrogens with zero attached hydrogens (tertiary/aromatic N) is 6. The molecule has 3 aromatic heterocycles. The molecule has 0 aliphatic heterocycles. The number of carbonyl (C=O) groups excluding carboxylic acids is 1. The van der Waals surface area contributed by atoms with E-state index in [2.05, 4.69) is 30.8 Å². The molecule has 0 bridgehead atoms. The van der Waals surface area contributed by atoms with Gasteiger partial charge in [0.2, 0.25) is 11.0 Å². The normalized spacial score (nSPS) is 11.0. The van der Waals surface area contributed by atoms with Gasteiger partial charge in [0.1, 0.15) is 11.8 Å². The molecule has 0 spiro atoms. The average molecular weight is 303 g/mol. The van der Waals surface area contributed by atoms with Crippen molar-refractivity contribution in [2.75, 3.05) is 5.32 Å². The number of hydrogen-bond acceptors (Lipinski definition) is 7. The first-order valence-corrected chi connectivity index (χ1v) is 7.25. The molecule has 0 saturated carbocycles. The molecule has 1 N–H and O–H groups in total. The Kier molecular flexibility index (Phi) is 3.57. The summed E-state index contributed by atoms with van der Waals surface area (Å²) in [6.07, 6.45) is 2.52. The Bertz CT molecular complexity index is 780. The zero-order valence-electron chi connectivity index (χ0n) is 11.6. The van der Waals surface area contributed by atoms with Crippen molar-refractivity contribution in [2.45, 2.75) is 26.7 Å². The van der Waals surface area contributed by atoms with Gasteiger partial charge in [-0.05, 0) is 25.8 Å². The van der Waals surface area contributed by atoms with E-state index in [9.17, 15) is 4.79 Å². The molecule has 0 aliphatic rings. The summed E-state index contributed by atoms with van der Waals surface area (Å²) in [4.78, 5) is 11.9. The lowest BCUT2D eigenvalue weighted by atomic mass is 10.0. The molecule has 108 valence electrons. The van der Waals surface area contributed by atoms with Crippen LogP contribution < -0.4 is 5.32 Å². The predicted octanol–water partition coefficient (Wildman–Crippen LogP) is 1.16. The van der Waals surface area contributed by atoms with Crippen LogP contribution in [0.4, 0.5) is 5.13 Å². The van der Waals surface area contributed by atoms with E-state index in [1.807, 2.05) is 13.8 Å². The summed E-state index contributed by atoms with van der Waals surface area (Å²) in [6.45, 7) is 3.89. The van der Waals surface area contributed by atoms with Crippen LogP contribution in [-0.2, 0) is 11.2 Å². The number of nitrogens with one attached hydrogen (secondary N) is 1. The fourth-order valence-electron chi connectivity index (χ4n) is 2.19. The molecule has 0 aliphatic carbocycles. The summed E-state index contributed by atoms with van der Waals surface area (Å²) in [5.41, 5.74) is 5.21. The first-order chi connectivity index (χ1) is 10.1. The molecule has 0 radical (unpaired) electrons. The van der Waals surface area contributed by atoms with E-state index in [1.54, 1.807) is 16.4 Å². The van der Waals surface area contributed by atoms with Gasteiger partial charge in [0.15, 0.2) is 5.65 Å². The molecule has 3 aromatic rings. The van der Waals surface area contributed by atoms with Crippen LogP contribution >= 0.6 is 11.3 Å². The maximum Gasteiger partial charge on any atom is 0.226 e. The third kappa shape index (κ3) is 2.72. The Hall–Kier alpha value is -2.42. The molecular weight excluding hydrogens is 290 g/mol. The van der Waals surface area contributed by atoms with E-state index in [-0.39, 0.29) is 5.91 Å². The predicted molar refractivity (Wildman–Crippen MR) is 77.1 cm³/mol. The topological polar surface area (TPSA) is 98.0 Å². The van der Waals surface area contributed by atoms with Gasteiger partial charge in [-0.25, -0.2) is 4.52 Å². The fourth-order valence-corrected chi connectivity index (χ4v) is 2.66. The van der Waals surface area contributed by atoms with E-state index in [0.29, 0.717) is 18.0 Å². The van der Waals surface area contributed by atoms with Gasteiger partial charge in [0.25, 0.3) is 0 Å². The highest BCUT2D eigenvalue weighted by atomic mass is 32.1. The number of anilines is 1. The van der Waals surface area contributed by atoms with Crippen molar-refractivity contribution in [1.82, 2.24) is 30.0 Å². The van der Waals surface area contributed by atoms with E-state index >= 15 is 0 Å². The van der Waals surface area contributed by atoms with Crippen molar-refractivity contribution < 1.29 is 4.79 Å². The van der Waals surface area contributed by atoms with Crippen LogP contribution in [0.3, 0.4) is 0 Å². The molecule has 0 aromatic carbocycles. The van der Waals surface area contributed by atoms with Crippen molar-refractivity contribution >= 4 is 28.0 Å². The minimum atomic E-state index is -0.0908. The standard InChI is InChI=1S/C12H13N7OS/c1-7-9(8(2)18-19-5-13-16-11(7)19)3-4-10(20)15-12-17-14-6-21-12/h5-6H,3-4H2,1-2H3,(H,15,17,20). The molecule has 8 nitrogen and oxygen atoms in total. The fraction of sp³-hybridized carbons (Fsp3) is 0.333. The van der Waals surface area contributed by atoms with Crippen molar-refractivity contribution in [1.29, 1.82) is 0 Å². The Morgan fingerprint density at radius 1 is 1.33 bits per heavy atom. The Morgan fingerprint density at radius 3 is 2.95 bits per heavy atom. The van der Waals surface area contributed by atoms with Crippen LogP contribution in [0.25, 0.3) is 5.65 Å². The zero-order valence-corrected chi connectivity index (χ0v) is 12.4. The van der Waals surface area contributed by atoms with Crippen molar-refractivity contribution in [3.63, 3.8) is 0 Å². The number of rotatable bonds is 4. The Morgan fingerprint density at radius 2 is 2.19 bits per heavy atom. The summed E-state index contributed by atoms with van der Waals surface area (Å²) in [5.74, 6) is -0.0908. The molecule has 3 heterocycles. The SMILES string of the molecule is Cc1nn2cnnc2c(C)c1CCC(=O)Nc1nncs1. The Balaban J connectivity index is 1.74. The first kappa shape index (κ1) is 13.6. The monoisotopic (exact) mass is 303 g/mol. The molecule has 3 rings (SSSR count). The van der Waals surface area contributed by atoms with Gasteiger partial charge in [0, 0.05) is 12.0 Å². The second kappa shape index (κ2) is 5.52. The smallest absolute Gasteiger partial charge is 0.226 e. The van der Waals surface area contributed by atoms with E-state index < -0.39 is 0 Å². The minimum absolute atomic E-state index is 0.0908. The van der Waals surface area contributed by atoms with Crippen LogP contribution in [0.15, 0.2) is 11.8 Å². The second-order valence-electron chi connectivity index (χ2n) is 4.58. The number of aryl methyl sites for hydroxylation is 2. The molecule has 9 heteroatoms. The van der Waals surface area contributed by atoms with Gasteiger partial charge in [-0.15, -0.1) is 20.4 Å². The van der Waals surface area contributed by atoms with Gasteiger partial charge in [-0.1, -0.05) is 11.3 Å². The maximum absolute atomic E-state index is 11.9. The van der Waals surface area contributed by atoms with Gasteiger partial charge in [-0.3, -0.25) is 4.79 Å². The van der Waals surface area contributed by atoms with Crippen LogP contribution in [0.2, 0.25) is 0 Å². The third-order valence-electron chi connectivity index (χ3n) is 3.22. The number of aromatic nitrogens is 6. The van der Waals surface area contributed by atoms with E-state index in [4.69, 9.17) is 0 Å². The summed E-state index contributed by atoms with van der Waals surface area (Å²) >= 11 is 1.29. The molecule has 21 heavy (non-hydrogen) atoms. The zero-order chi connectivity index (χ0) is 14.8. The van der Waals surface area contributed by atoms with E-state index in [0.717, 1.165) is 22.5 Å². The first-order valence-electron chi connectivity index (χ1n) is 6.37. The number of amides is 1. The summed E-state index contributed by atoms with van der Waals surface area (Å²) in [6, 6.07) is 0. The molecule has 1 amide bonds. The van der Waals surface area contributed by atoms with E-state index in [1.165, 1.54) is 11.3 Å². The van der Waals surface area contributed by atoms with Crippen molar-refractivity contribution in [3.05, 3.63) is 28.7 Å². The molecular formula is C12H13N7OS. The molecule has 0 unspecified atom stereocenters. The largest absolute Gasteiger partial charge is 0.301 e. The van der Waals surface area contributed by atoms with Crippen molar-refractivity contribution in [2.24, 2.45) is 0 Å². The lowest BCUT2D eigenvalue weighted by molar-refractivity contribution is -0.116.